The molecule has 0 fully saturated rings. The summed E-state index contributed by atoms with van der Waals surface area (Å²) < 4.78 is 56.7. The van der Waals surface area contributed by atoms with E-state index >= 15 is 0 Å². The molecule has 1 unspecified atom stereocenters. The minimum atomic E-state index is -4.54. The third-order valence-electron chi connectivity index (χ3n) is 3.26. The molecule has 1 aromatic carbocycles. The molecule has 1 atom stereocenters. The van der Waals surface area contributed by atoms with Crippen molar-refractivity contribution in [3.05, 3.63) is 47.5 Å². The number of halogens is 4. The highest BCUT2D eigenvalue weighted by molar-refractivity contribution is 5.42. The van der Waals surface area contributed by atoms with Gasteiger partial charge in [0.1, 0.15) is 17.3 Å². The molecule has 0 amide bonds. The van der Waals surface area contributed by atoms with Crippen LogP contribution < -0.4 is 10.1 Å². The van der Waals surface area contributed by atoms with Gasteiger partial charge in [-0.05, 0) is 24.3 Å². The summed E-state index contributed by atoms with van der Waals surface area (Å²) in [5.41, 5.74) is -0.496. The van der Waals surface area contributed by atoms with E-state index in [1.54, 1.807) is 0 Å². The van der Waals surface area contributed by atoms with E-state index in [4.69, 9.17) is 4.74 Å². The average molecular weight is 313 g/mol. The Bertz CT molecular complexity index is 690. The van der Waals surface area contributed by atoms with Gasteiger partial charge in [-0.3, -0.25) is 0 Å². The summed E-state index contributed by atoms with van der Waals surface area (Å²) in [6, 6.07) is 4.43. The minimum absolute atomic E-state index is 0.156. The number of rotatable bonds is 2. The first-order valence-corrected chi connectivity index (χ1v) is 6.52. The summed E-state index contributed by atoms with van der Waals surface area (Å²) in [4.78, 5) is 7.24. The highest BCUT2D eigenvalue weighted by Crippen LogP contribution is 2.34. The number of nitrogens with zero attached hydrogens (tertiary/aromatic N) is 2. The highest BCUT2D eigenvalue weighted by atomic mass is 19.4. The molecule has 1 aromatic heterocycles. The molecule has 4 nitrogen and oxygen atoms in total. The number of ether oxygens (including phenoxy) is 1. The Hall–Kier alpha value is -2.38. The maximum Gasteiger partial charge on any atom is 0.433 e. The number of aromatic nitrogens is 2. The Balaban J connectivity index is 1.88. The molecule has 0 radical (unpaired) electrons. The molecule has 0 aliphatic carbocycles. The van der Waals surface area contributed by atoms with E-state index in [1.807, 2.05) is 0 Å². The molecule has 3 rings (SSSR count). The van der Waals surface area contributed by atoms with Crippen molar-refractivity contribution >= 4 is 5.95 Å². The Morgan fingerprint density at radius 2 is 2.05 bits per heavy atom. The van der Waals surface area contributed by atoms with Crippen molar-refractivity contribution in [3.8, 4) is 5.75 Å². The first-order valence-electron chi connectivity index (χ1n) is 6.52. The van der Waals surface area contributed by atoms with Crippen molar-refractivity contribution < 1.29 is 22.3 Å². The summed E-state index contributed by atoms with van der Waals surface area (Å²) in [6.45, 7) is 0.370. The molecule has 116 valence electrons. The van der Waals surface area contributed by atoms with Crippen molar-refractivity contribution in [2.45, 2.75) is 18.6 Å². The Labute approximate surface area is 123 Å². The maximum absolute atomic E-state index is 13.4. The summed E-state index contributed by atoms with van der Waals surface area (Å²) in [7, 11) is 0. The van der Waals surface area contributed by atoms with Gasteiger partial charge >= 0.3 is 6.18 Å². The van der Waals surface area contributed by atoms with Crippen LogP contribution in [-0.4, -0.2) is 16.6 Å². The van der Waals surface area contributed by atoms with Crippen LogP contribution >= 0.6 is 0 Å². The number of hydrogen-bond donors (Lipinski definition) is 1. The molecule has 1 aliphatic heterocycles. The summed E-state index contributed by atoms with van der Waals surface area (Å²) in [5, 5.41) is 2.81. The number of alkyl halides is 3. The summed E-state index contributed by atoms with van der Waals surface area (Å²) in [5.74, 6) is -0.102. The van der Waals surface area contributed by atoms with Crippen LogP contribution in [0.5, 0.6) is 5.75 Å². The van der Waals surface area contributed by atoms with Gasteiger partial charge in [-0.1, -0.05) is 0 Å². The second-order valence-corrected chi connectivity index (χ2v) is 4.78. The third kappa shape index (κ3) is 2.95. The molecule has 1 N–H and O–H groups in total. The maximum atomic E-state index is 13.4. The van der Waals surface area contributed by atoms with Crippen LogP contribution in [0.25, 0.3) is 0 Å². The van der Waals surface area contributed by atoms with E-state index in [2.05, 4.69) is 15.3 Å². The summed E-state index contributed by atoms with van der Waals surface area (Å²) in [6.07, 6.45) is -3.04. The lowest BCUT2D eigenvalue weighted by atomic mass is 10.0. The third-order valence-corrected chi connectivity index (χ3v) is 3.26. The van der Waals surface area contributed by atoms with E-state index < -0.39 is 23.7 Å². The Morgan fingerprint density at radius 3 is 2.82 bits per heavy atom. The van der Waals surface area contributed by atoms with E-state index in [-0.39, 0.29) is 5.95 Å². The van der Waals surface area contributed by atoms with Gasteiger partial charge in [0.15, 0.2) is 0 Å². The topological polar surface area (TPSA) is 47.0 Å². The van der Waals surface area contributed by atoms with Crippen molar-refractivity contribution in [2.24, 2.45) is 0 Å². The first kappa shape index (κ1) is 14.6. The zero-order valence-corrected chi connectivity index (χ0v) is 11.2. The fourth-order valence-electron chi connectivity index (χ4n) is 2.26. The fraction of sp³-hybridized carbons (Fsp3) is 0.286. The van der Waals surface area contributed by atoms with Crippen molar-refractivity contribution in [1.82, 2.24) is 9.97 Å². The van der Waals surface area contributed by atoms with Crippen molar-refractivity contribution in [2.75, 3.05) is 11.9 Å². The van der Waals surface area contributed by atoms with Crippen molar-refractivity contribution in [1.29, 1.82) is 0 Å². The molecule has 0 bridgehead atoms. The molecular formula is C14H11F4N3O. The van der Waals surface area contributed by atoms with Gasteiger partial charge in [-0.2, -0.15) is 13.2 Å². The molecule has 0 saturated carbocycles. The van der Waals surface area contributed by atoms with Crippen LogP contribution in [0.2, 0.25) is 0 Å². The Morgan fingerprint density at radius 1 is 1.23 bits per heavy atom. The predicted octanol–water partition coefficient (Wildman–Crippen LogP) is 3.57. The normalized spacial score (nSPS) is 17.5. The largest absolute Gasteiger partial charge is 0.493 e. The summed E-state index contributed by atoms with van der Waals surface area (Å²) >= 11 is 0. The van der Waals surface area contributed by atoms with Gasteiger partial charge in [-0.25, -0.2) is 14.4 Å². The number of benzene rings is 1. The molecule has 8 heteroatoms. The van der Waals surface area contributed by atoms with Gasteiger partial charge in [0.25, 0.3) is 0 Å². The second-order valence-electron chi connectivity index (χ2n) is 4.78. The van der Waals surface area contributed by atoms with Crippen LogP contribution in [-0.2, 0) is 6.18 Å². The van der Waals surface area contributed by atoms with Gasteiger partial charge in [0, 0.05) is 18.2 Å². The smallest absolute Gasteiger partial charge is 0.433 e. The van der Waals surface area contributed by atoms with Gasteiger partial charge in [0.05, 0.1) is 12.6 Å². The zero-order chi connectivity index (χ0) is 15.7. The van der Waals surface area contributed by atoms with Crippen LogP contribution in [0.3, 0.4) is 0 Å². The zero-order valence-electron chi connectivity index (χ0n) is 11.2. The second kappa shape index (κ2) is 5.43. The molecule has 1 aliphatic rings. The van der Waals surface area contributed by atoms with E-state index in [1.165, 1.54) is 18.2 Å². The van der Waals surface area contributed by atoms with Gasteiger partial charge in [0.2, 0.25) is 5.95 Å². The van der Waals surface area contributed by atoms with Crippen LogP contribution in [0.1, 0.15) is 23.7 Å². The SMILES string of the molecule is Fc1ccc2c(c1)C(Nc1nccc(C(F)(F)F)n1)CCO2. The lowest BCUT2D eigenvalue weighted by molar-refractivity contribution is -0.141. The van der Waals surface area contributed by atoms with Gasteiger partial charge in [-0.15, -0.1) is 0 Å². The standard InChI is InChI=1S/C14H11F4N3O/c15-8-1-2-11-9(7-8)10(4-6-22-11)20-13-19-5-3-12(21-13)14(16,17)18/h1-3,5,7,10H,4,6H2,(H,19,20,21). The lowest BCUT2D eigenvalue weighted by Crippen LogP contribution is -2.22. The van der Waals surface area contributed by atoms with Gasteiger partial charge < -0.3 is 10.1 Å². The minimum Gasteiger partial charge on any atom is -0.493 e. The van der Waals surface area contributed by atoms with E-state index in [0.717, 1.165) is 12.3 Å². The number of hydrogen-bond acceptors (Lipinski definition) is 4. The van der Waals surface area contributed by atoms with Crippen LogP contribution in [0.4, 0.5) is 23.5 Å². The van der Waals surface area contributed by atoms with Crippen molar-refractivity contribution in [3.63, 3.8) is 0 Å². The van der Waals surface area contributed by atoms with Crippen LogP contribution in [0, 0.1) is 5.82 Å². The van der Waals surface area contributed by atoms with Crippen LogP contribution in [0.15, 0.2) is 30.5 Å². The van der Waals surface area contributed by atoms with E-state index in [0.29, 0.717) is 24.3 Å². The predicted molar refractivity (Wildman–Crippen MR) is 69.9 cm³/mol. The molecular weight excluding hydrogens is 302 g/mol. The number of nitrogens with one attached hydrogen (secondary N) is 1. The quantitative estimate of drug-likeness (QED) is 0.861. The lowest BCUT2D eigenvalue weighted by Gasteiger charge is -2.26. The molecule has 0 spiro atoms. The average Bonchev–Trinajstić information content (AvgIpc) is 2.47. The van der Waals surface area contributed by atoms with E-state index in [9.17, 15) is 17.6 Å². The molecule has 2 heterocycles. The highest BCUT2D eigenvalue weighted by Gasteiger charge is 2.33. The number of anilines is 1. The Kier molecular flexibility index (Phi) is 3.59. The number of fused-ring (bicyclic) bond motifs is 1. The molecule has 2 aromatic rings. The monoisotopic (exact) mass is 313 g/mol. The molecule has 0 saturated heterocycles. The first-order chi connectivity index (χ1) is 10.4. The fourth-order valence-corrected chi connectivity index (χ4v) is 2.26. The molecule has 22 heavy (non-hydrogen) atoms.